The summed E-state index contributed by atoms with van der Waals surface area (Å²) in [6, 6.07) is 0. The second kappa shape index (κ2) is 5.36. The van der Waals surface area contributed by atoms with E-state index in [4.69, 9.17) is 0 Å². The number of nitrogens with one attached hydrogen (secondary N) is 1. The highest BCUT2D eigenvalue weighted by molar-refractivity contribution is 7.15. The molecule has 2 heterocycles. The maximum atomic E-state index is 4.55. The van der Waals surface area contributed by atoms with Crippen LogP contribution < -0.4 is 10.2 Å². The minimum atomic E-state index is 0.451. The van der Waals surface area contributed by atoms with Crippen molar-refractivity contribution in [2.24, 2.45) is 5.41 Å². The van der Waals surface area contributed by atoms with Crippen LogP contribution in [-0.2, 0) is 6.54 Å². The third-order valence-corrected chi connectivity index (χ3v) is 4.27. The summed E-state index contributed by atoms with van der Waals surface area (Å²) in [5, 5.41) is 4.62. The van der Waals surface area contributed by atoms with Crippen LogP contribution in [0.4, 0.5) is 5.13 Å². The van der Waals surface area contributed by atoms with Crippen LogP contribution in [0.2, 0.25) is 0 Å². The Morgan fingerprint density at radius 2 is 2.35 bits per heavy atom. The van der Waals surface area contributed by atoms with E-state index < -0.39 is 0 Å². The summed E-state index contributed by atoms with van der Waals surface area (Å²) < 4.78 is 0. The van der Waals surface area contributed by atoms with Gasteiger partial charge in [-0.2, -0.15) is 0 Å². The molecule has 1 saturated heterocycles. The number of hydrogen-bond acceptors (Lipinski definition) is 4. The molecule has 0 amide bonds. The fourth-order valence-electron chi connectivity index (χ4n) is 2.19. The van der Waals surface area contributed by atoms with E-state index in [9.17, 15) is 0 Å². The molecule has 0 saturated carbocycles. The quantitative estimate of drug-likeness (QED) is 0.818. The Morgan fingerprint density at radius 3 is 3.00 bits per heavy atom. The molecular weight excluding hydrogens is 230 g/mol. The summed E-state index contributed by atoms with van der Waals surface area (Å²) in [5.74, 6) is 0. The molecule has 1 aromatic rings. The van der Waals surface area contributed by atoms with Crippen molar-refractivity contribution in [1.82, 2.24) is 10.3 Å². The van der Waals surface area contributed by atoms with Crippen molar-refractivity contribution in [1.29, 1.82) is 0 Å². The van der Waals surface area contributed by atoms with Gasteiger partial charge in [0.1, 0.15) is 0 Å². The standard InChI is InChI=1S/C13H23N3S/c1-4-6-14-8-11-9-15-12(17-11)16-7-5-13(2,3)10-16/h9,14H,4-8,10H2,1-3H3. The van der Waals surface area contributed by atoms with Crippen molar-refractivity contribution in [3.05, 3.63) is 11.1 Å². The van der Waals surface area contributed by atoms with Gasteiger partial charge in [0, 0.05) is 30.7 Å². The Morgan fingerprint density at radius 1 is 1.53 bits per heavy atom. The van der Waals surface area contributed by atoms with Crippen molar-refractivity contribution in [2.45, 2.75) is 40.2 Å². The van der Waals surface area contributed by atoms with E-state index in [-0.39, 0.29) is 0 Å². The summed E-state index contributed by atoms with van der Waals surface area (Å²) in [4.78, 5) is 8.32. The molecule has 0 aromatic carbocycles. The average molecular weight is 253 g/mol. The predicted octanol–water partition coefficient (Wildman–Crippen LogP) is 2.88. The van der Waals surface area contributed by atoms with Gasteiger partial charge in [0.25, 0.3) is 0 Å². The maximum absolute atomic E-state index is 4.55. The molecule has 1 aliphatic heterocycles. The normalized spacial score (nSPS) is 18.9. The largest absolute Gasteiger partial charge is 0.348 e. The van der Waals surface area contributed by atoms with E-state index in [0.717, 1.165) is 26.2 Å². The van der Waals surface area contributed by atoms with Crippen LogP contribution in [-0.4, -0.2) is 24.6 Å². The summed E-state index contributed by atoms with van der Waals surface area (Å²) in [5.41, 5.74) is 0.451. The number of nitrogens with zero attached hydrogens (tertiary/aromatic N) is 2. The molecule has 0 radical (unpaired) electrons. The molecule has 0 atom stereocenters. The summed E-state index contributed by atoms with van der Waals surface area (Å²) in [7, 11) is 0. The third kappa shape index (κ3) is 3.42. The van der Waals surface area contributed by atoms with E-state index in [0.29, 0.717) is 5.41 Å². The van der Waals surface area contributed by atoms with Crippen molar-refractivity contribution >= 4 is 16.5 Å². The Labute approximate surface area is 108 Å². The van der Waals surface area contributed by atoms with E-state index in [2.05, 4.69) is 36.0 Å². The van der Waals surface area contributed by atoms with Crippen molar-refractivity contribution in [2.75, 3.05) is 24.5 Å². The lowest BCUT2D eigenvalue weighted by atomic mass is 9.93. The smallest absolute Gasteiger partial charge is 0.185 e. The molecule has 4 heteroatoms. The first kappa shape index (κ1) is 12.8. The van der Waals surface area contributed by atoms with Crippen LogP contribution in [0.5, 0.6) is 0 Å². The van der Waals surface area contributed by atoms with Crippen LogP contribution in [0, 0.1) is 5.41 Å². The van der Waals surface area contributed by atoms with E-state index in [1.54, 1.807) is 0 Å². The van der Waals surface area contributed by atoms with E-state index >= 15 is 0 Å². The van der Waals surface area contributed by atoms with Gasteiger partial charge >= 0.3 is 0 Å². The number of aromatic nitrogens is 1. The molecule has 1 aromatic heterocycles. The van der Waals surface area contributed by atoms with Gasteiger partial charge in [-0.05, 0) is 24.8 Å². The van der Waals surface area contributed by atoms with Gasteiger partial charge in [-0.3, -0.25) is 0 Å². The molecule has 0 bridgehead atoms. The minimum absolute atomic E-state index is 0.451. The highest BCUT2D eigenvalue weighted by Gasteiger charge is 2.30. The van der Waals surface area contributed by atoms with Gasteiger partial charge < -0.3 is 10.2 Å². The zero-order valence-corrected chi connectivity index (χ0v) is 11.9. The van der Waals surface area contributed by atoms with E-state index in [1.807, 2.05) is 17.5 Å². The third-order valence-electron chi connectivity index (χ3n) is 3.22. The van der Waals surface area contributed by atoms with Crippen LogP contribution in [0.1, 0.15) is 38.5 Å². The summed E-state index contributed by atoms with van der Waals surface area (Å²) >= 11 is 1.83. The number of anilines is 1. The SMILES string of the molecule is CCCNCc1cnc(N2CCC(C)(C)C2)s1. The summed E-state index contributed by atoms with van der Waals surface area (Å²) in [6.07, 6.45) is 4.48. The second-order valence-electron chi connectivity index (χ2n) is 5.62. The van der Waals surface area contributed by atoms with Crippen molar-refractivity contribution in [3.63, 3.8) is 0 Å². The zero-order valence-electron chi connectivity index (χ0n) is 11.1. The lowest BCUT2D eigenvalue weighted by Crippen LogP contribution is -2.22. The monoisotopic (exact) mass is 253 g/mol. The number of thiazole rings is 1. The molecule has 0 unspecified atom stereocenters. The van der Waals surface area contributed by atoms with Gasteiger partial charge in [0.2, 0.25) is 0 Å². The van der Waals surface area contributed by atoms with Gasteiger partial charge in [-0.1, -0.05) is 20.8 Å². The first-order chi connectivity index (χ1) is 8.11. The molecule has 0 aliphatic carbocycles. The van der Waals surface area contributed by atoms with Crippen molar-refractivity contribution < 1.29 is 0 Å². The van der Waals surface area contributed by atoms with Crippen LogP contribution >= 0.6 is 11.3 Å². The van der Waals surface area contributed by atoms with Crippen LogP contribution in [0.3, 0.4) is 0 Å². The Bertz CT molecular complexity index is 359. The highest BCUT2D eigenvalue weighted by atomic mass is 32.1. The van der Waals surface area contributed by atoms with Gasteiger partial charge in [-0.25, -0.2) is 4.98 Å². The molecule has 17 heavy (non-hydrogen) atoms. The molecule has 1 aliphatic rings. The highest BCUT2D eigenvalue weighted by Crippen LogP contribution is 2.34. The Balaban J connectivity index is 1.90. The Kier molecular flexibility index (Phi) is 4.05. The molecule has 3 nitrogen and oxygen atoms in total. The summed E-state index contributed by atoms with van der Waals surface area (Å²) in [6.45, 7) is 11.2. The molecular formula is C13H23N3S. The number of rotatable bonds is 5. The molecule has 1 N–H and O–H groups in total. The lowest BCUT2D eigenvalue weighted by Gasteiger charge is -2.18. The topological polar surface area (TPSA) is 28.2 Å². The lowest BCUT2D eigenvalue weighted by molar-refractivity contribution is 0.418. The first-order valence-electron chi connectivity index (χ1n) is 6.51. The van der Waals surface area contributed by atoms with Gasteiger partial charge in [0.15, 0.2) is 5.13 Å². The Hall–Kier alpha value is -0.610. The zero-order chi connectivity index (χ0) is 12.3. The molecule has 2 rings (SSSR count). The van der Waals surface area contributed by atoms with Crippen molar-refractivity contribution in [3.8, 4) is 0 Å². The molecule has 96 valence electrons. The van der Waals surface area contributed by atoms with Crippen LogP contribution in [0.25, 0.3) is 0 Å². The van der Waals surface area contributed by atoms with Gasteiger partial charge in [0.05, 0.1) is 0 Å². The fraction of sp³-hybridized carbons (Fsp3) is 0.769. The van der Waals surface area contributed by atoms with E-state index in [1.165, 1.54) is 22.9 Å². The van der Waals surface area contributed by atoms with Crippen LogP contribution in [0.15, 0.2) is 6.20 Å². The first-order valence-corrected chi connectivity index (χ1v) is 7.33. The minimum Gasteiger partial charge on any atom is -0.348 e. The molecule has 0 spiro atoms. The maximum Gasteiger partial charge on any atom is 0.185 e. The predicted molar refractivity (Wildman–Crippen MR) is 74.7 cm³/mol. The fourth-order valence-corrected chi connectivity index (χ4v) is 3.09. The van der Waals surface area contributed by atoms with Gasteiger partial charge in [-0.15, -0.1) is 11.3 Å². The average Bonchev–Trinajstić information content (AvgIpc) is 2.85. The number of hydrogen-bond donors (Lipinski definition) is 1. The second-order valence-corrected chi connectivity index (χ2v) is 6.72. The molecule has 1 fully saturated rings.